The van der Waals surface area contributed by atoms with E-state index in [9.17, 15) is 0 Å². The van der Waals surface area contributed by atoms with Crippen LogP contribution in [0, 0.1) is 0 Å². The predicted molar refractivity (Wildman–Crippen MR) is 62.2 cm³/mol. The van der Waals surface area contributed by atoms with Crippen LogP contribution in [0.1, 0.15) is 12.5 Å². The number of hydrogen-bond donors (Lipinski definition) is 1. The van der Waals surface area contributed by atoms with Crippen molar-refractivity contribution in [1.29, 1.82) is 0 Å². The molecule has 0 bridgehead atoms. The fourth-order valence-electron chi connectivity index (χ4n) is 1.62. The lowest BCUT2D eigenvalue weighted by atomic mass is 10.1. The Bertz CT molecular complexity index is 417. The third-order valence-electron chi connectivity index (χ3n) is 2.45. The summed E-state index contributed by atoms with van der Waals surface area (Å²) in [7, 11) is 0. The molecule has 0 aromatic heterocycles. The van der Waals surface area contributed by atoms with Gasteiger partial charge in [-0.1, -0.05) is 5.16 Å². The van der Waals surface area contributed by atoms with E-state index in [1.54, 1.807) is 6.07 Å². The van der Waals surface area contributed by atoms with Crippen molar-refractivity contribution in [2.24, 2.45) is 5.16 Å². The van der Waals surface area contributed by atoms with E-state index in [-0.39, 0.29) is 0 Å². The van der Waals surface area contributed by atoms with E-state index in [1.807, 2.05) is 19.1 Å². The SMILES string of the molecule is CCOCCOc1ccc2c(c1)OC/C2=N\O. The van der Waals surface area contributed by atoms with Crippen LogP contribution in [0.25, 0.3) is 0 Å². The van der Waals surface area contributed by atoms with Gasteiger partial charge in [0.15, 0.2) is 0 Å². The highest BCUT2D eigenvalue weighted by Gasteiger charge is 2.20. The minimum atomic E-state index is 0.300. The Morgan fingerprint density at radius 1 is 1.41 bits per heavy atom. The van der Waals surface area contributed by atoms with Gasteiger partial charge < -0.3 is 19.4 Å². The highest BCUT2D eigenvalue weighted by Crippen LogP contribution is 2.29. The largest absolute Gasteiger partial charge is 0.491 e. The lowest BCUT2D eigenvalue weighted by Crippen LogP contribution is -2.06. The number of nitrogens with zero attached hydrogens (tertiary/aromatic N) is 1. The Balaban J connectivity index is 1.98. The Labute approximate surface area is 99.6 Å². The molecular weight excluding hydrogens is 222 g/mol. The van der Waals surface area contributed by atoms with E-state index < -0.39 is 0 Å². The zero-order chi connectivity index (χ0) is 12.1. The lowest BCUT2D eigenvalue weighted by molar-refractivity contribution is 0.110. The third-order valence-corrected chi connectivity index (χ3v) is 2.45. The van der Waals surface area contributed by atoms with E-state index in [0.29, 0.717) is 37.9 Å². The maximum Gasteiger partial charge on any atom is 0.134 e. The Morgan fingerprint density at radius 2 is 2.29 bits per heavy atom. The fourth-order valence-corrected chi connectivity index (χ4v) is 1.62. The molecule has 0 unspecified atom stereocenters. The van der Waals surface area contributed by atoms with E-state index in [0.717, 1.165) is 11.3 Å². The van der Waals surface area contributed by atoms with Gasteiger partial charge in [0.2, 0.25) is 0 Å². The summed E-state index contributed by atoms with van der Waals surface area (Å²) >= 11 is 0. The summed E-state index contributed by atoms with van der Waals surface area (Å²) in [6.07, 6.45) is 0. The Hall–Kier alpha value is -1.75. The van der Waals surface area contributed by atoms with Gasteiger partial charge in [-0.05, 0) is 19.1 Å². The molecule has 0 saturated heterocycles. The van der Waals surface area contributed by atoms with Crippen LogP contribution in [0.15, 0.2) is 23.4 Å². The minimum Gasteiger partial charge on any atom is -0.491 e. The van der Waals surface area contributed by atoms with E-state index in [1.165, 1.54) is 0 Å². The van der Waals surface area contributed by atoms with E-state index in [4.69, 9.17) is 19.4 Å². The summed E-state index contributed by atoms with van der Waals surface area (Å²) in [5.74, 6) is 1.41. The number of fused-ring (bicyclic) bond motifs is 1. The average molecular weight is 237 g/mol. The standard InChI is InChI=1S/C12H15NO4/c1-2-15-5-6-16-9-3-4-10-11(13-14)8-17-12(10)7-9/h3-4,7,14H,2,5-6,8H2,1H3/b13-11+. The number of oxime groups is 1. The second-order valence-electron chi connectivity index (χ2n) is 3.54. The normalized spacial score (nSPS) is 15.7. The minimum absolute atomic E-state index is 0.300. The molecule has 0 spiro atoms. The molecule has 1 aromatic carbocycles. The first-order valence-electron chi connectivity index (χ1n) is 5.54. The van der Waals surface area contributed by atoms with Crippen LogP contribution >= 0.6 is 0 Å². The average Bonchev–Trinajstić information content (AvgIpc) is 2.77. The monoisotopic (exact) mass is 237 g/mol. The summed E-state index contributed by atoms with van der Waals surface area (Å²) in [5, 5.41) is 11.9. The zero-order valence-electron chi connectivity index (χ0n) is 9.68. The van der Waals surface area contributed by atoms with Gasteiger partial charge in [0, 0.05) is 18.2 Å². The van der Waals surface area contributed by atoms with Crippen molar-refractivity contribution in [2.45, 2.75) is 6.92 Å². The van der Waals surface area contributed by atoms with Gasteiger partial charge in [0.1, 0.15) is 30.4 Å². The molecule has 0 fully saturated rings. The first kappa shape index (κ1) is 11.7. The predicted octanol–water partition coefficient (Wildman–Crippen LogP) is 1.67. The number of benzene rings is 1. The van der Waals surface area contributed by atoms with Gasteiger partial charge in [-0.25, -0.2) is 0 Å². The molecule has 2 rings (SSSR count). The number of rotatable bonds is 5. The van der Waals surface area contributed by atoms with Crippen LogP contribution in [-0.4, -0.2) is 37.3 Å². The van der Waals surface area contributed by atoms with Gasteiger partial charge >= 0.3 is 0 Å². The van der Waals surface area contributed by atoms with Gasteiger partial charge in [-0.15, -0.1) is 0 Å². The van der Waals surface area contributed by atoms with Crippen molar-refractivity contribution in [2.75, 3.05) is 26.4 Å². The van der Waals surface area contributed by atoms with Crippen molar-refractivity contribution < 1.29 is 19.4 Å². The van der Waals surface area contributed by atoms with Crippen LogP contribution in [0.3, 0.4) is 0 Å². The topological polar surface area (TPSA) is 60.3 Å². The maximum absolute atomic E-state index is 8.74. The molecule has 1 aromatic rings. The quantitative estimate of drug-likeness (QED) is 0.481. The second kappa shape index (κ2) is 5.54. The van der Waals surface area contributed by atoms with Gasteiger partial charge in [0.05, 0.1) is 6.61 Å². The first-order chi connectivity index (χ1) is 8.35. The molecule has 0 amide bonds. The van der Waals surface area contributed by atoms with Crippen molar-refractivity contribution in [3.63, 3.8) is 0 Å². The highest BCUT2D eigenvalue weighted by atomic mass is 16.5. The molecule has 0 aliphatic carbocycles. The molecular formula is C12H15NO4. The lowest BCUT2D eigenvalue weighted by Gasteiger charge is -2.07. The maximum atomic E-state index is 8.74. The summed E-state index contributed by atoms with van der Waals surface area (Å²) in [6, 6.07) is 5.44. The first-order valence-corrected chi connectivity index (χ1v) is 5.54. The van der Waals surface area contributed by atoms with Crippen molar-refractivity contribution in [3.05, 3.63) is 23.8 Å². The molecule has 0 saturated carbocycles. The molecule has 0 radical (unpaired) electrons. The summed E-state index contributed by atoms with van der Waals surface area (Å²) < 4.78 is 16.0. The Kier molecular flexibility index (Phi) is 3.82. The van der Waals surface area contributed by atoms with Crippen LogP contribution in [0.2, 0.25) is 0 Å². The Morgan fingerprint density at radius 3 is 3.06 bits per heavy atom. The molecule has 1 N–H and O–H groups in total. The number of hydrogen-bond acceptors (Lipinski definition) is 5. The van der Waals surface area contributed by atoms with Gasteiger partial charge in [-0.2, -0.15) is 0 Å². The number of ether oxygens (including phenoxy) is 3. The third kappa shape index (κ3) is 2.68. The smallest absolute Gasteiger partial charge is 0.134 e. The van der Waals surface area contributed by atoms with Crippen LogP contribution in [0.4, 0.5) is 0 Å². The van der Waals surface area contributed by atoms with Crippen LogP contribution < -0.4 is 9.47 Å². The van der Waals surface area contributed by atoms with Crippen LogP contribution in [-0.2, 0) is 4.74 Å². The molecule has 5 nitrogen and oxygen atoms in total. The van der Waals surface area contributed by atoms with E-state index in [2.05, 4.69) is 5.16 Å². The fraction of sp³-hybridized carbons (Fsp3) is 0.417. The molecule has 1 heterocycles. The molecule has 17 heavy (non-hydrogen) atoms. The van der Waals surface area contributed by atoms with Gasteiger partial charge in [0.25, 0.3) is 0 Å². The second-order valence-corrected chi connectivity index (χ2v) is 3.54. The van der Waals surface area contributed by atoms with Crippen molar-refractivity contribution in [3.8, 4) is 11.5 Å². The summed E-state index contributed by atoms with van der Waals surface area (Å²) in [6.45, 7) is 4.01. The van der Waals surface area contributed by atoms with E-state index >= 15 is 0 Å². The molecule has 1 aliphatic heterocycles. The van der Waals surface area contributed by atoms with Gasteiger partial charge in [-0.3, -0.25) is 0 Å². The molecule has 92 valence electrons. The van der Waals surface area contributed by atoms with Crippen molar-refractivity contribution in [1.82, 2.24) is 0 Å². The molecule has 0 atom stereocenters. The molecule has 5 heteroatoms. The molecule has 1 aliphatic rings. The van der Waals surface area contributed by atoms with Crippen LogP contribution in [0.5, 0.6) is 11.5 Å². The summed E-state index contributed by atoms with van der Waals surface area (Å²) in [5.41, 5.74) is 1.35. The van der Waals surface area contributed by atoms with Crippen molar-refractivity contribution >= 4 is 5.71 Å². The summed E-state index contributed by atoms with van der Waals surface area (Å²) in [4.78, 5) is 0. The zero-order valence-corrected chi connectivity index (χ0v) is 9.68. The highest BCUT2D eigenvalue weighted by molar-refractivity contribution is 6.05.